The molecule has 5 heteroatoms. The van der Waals surface area contributed by atoms with Gasteiger partial charge in [-0.3, -0.25) is 9.59 Å². The first-order chi connectivity index (χ1) is 10.1. The van der Waals surface area contributed by atoms with Crippen LogP contribution in [0.1, 0.15) is 37.8 Å². The van der Waals surface area contributed by atoms with E-state index < -0.39 is 0 Å². The molecular formula is C16H19ClN2O2. The van der Waals surface area contributed by atoms with E-state index in [1.54, 1.807) is 4.90 Å². The van der Waals surface area contributed by atoms with Gasteiger partial charge in [0.05, 0.1) is 6.04 Å². The fraction of sp³-hybridized carbons (Fsp3) is 0.500. The van der Waals surface area contributed by atoms with Gasteiger partial charge in [-0.2, -0.15) is 0 Å². The molecule has 1 aromatic carbocycles. The molecule has 2 amide bonds. The van der Waals surface area contributed by atoms with E-state index in [-0.39, 0.29) is 23.9 Å². The third-order valence-corrected chi connectivity index (χ3v) is 4.78. The molecule has 1 aromatic rings. The van der Waals surface area contributed by atoms with Crippen LogP contribution >= 0.6 is 11.6 Å². The smallest absolute Gasteiger partial charge is 0.245 e. The van der Waals surface area contributed by atoms with Crippen molar-refractivity contribution in [1.29, 1.82) is 0 Å². The topological polar surface area (TPSA) is 40.6 Å². The zero-order chi connectivity index (χ0) is 15.0. The molecule has 21 heavy (non-hydrogen) atoms. The van der Waals surface area contributed by atoms with Gasteiger partial charge in [0.15, 0.2) is 0 Å². The summed E-state index contributed by atoms with van der Waals surface area (Å²) in [5, 5.41) is 0.685. The molecule has 2 atom stereocenters. The average Bonchev–Trinajstić information content (AvgIpc) is 2.93. The lowest BCUT2D eigenvalue weighted by Gasteiger charge is -2.30. The van der Waals surface area contributed by atoms with Crippen molar-refractivity contribution in [2.24, 2.45) is 0 Å². The lowest BCUT2D eigenvalue weighted by atomic mass is 10.1. The molecule has 2 aliphatic rings. The van der Waals surface area contributed by atoms with Crippen LogP contribution in [0.25, 0.3) is 0 Å². The molecule has 0 saturated carbocycles. The standard InChI is InChI=1S/C16H19ClN2O2/c1-11(12-4-6-13(17)7-5-12)18-10-8-15(20)19-9-2-3-14(19)16(18)21/h4-7,11,14H,2-3,8-10H2,1H3. The van der Waals surface area contributed by atoms with Gasteiger partial charge in [-0.25, -0.2) is 0 Å². The van der Waals surface area contributed by atoms with E-state index in [0.29, 0.717) is 18.0 Å². The summed E-state index contributed by atoms with van der Waals surface area (Å²) in [4.78, 5) is 28.5. The Morgan fingerprint density at radius 3 is 2.62 bits per heavy atom. The summed E-state index contributed by atoms with van der Waals surface area (Å²) in [6.07, 6.45) is 2.12. The van der Waals surface area contributed by atoms with E-state index in [9.17, 15) is 9.59 Å². The van der Waals surface area contributed by atoms with Crippen molar-refractivity contribution in [2.75, 3.05) is 13.1 Å². The molecule has 2 unspecified atom stereocenters. The van der Waals surface area contributed by atoms with Crippen molar-refractivity contribution in [3.63, 3.8) is 0 Å². The lowest BCUT2D eigenvalue weighted by Crippen LogP contribution is -2.44. The molecule has 112 valence electrons. The van der Waals surface area contributed by atoms with Crippen LogP contribution < -0.4 is 0 Å². The summed E-state index contributed by atoms with van der Waals surface area (Å²) in [5.41, 5.74) is 1.05. The predicted octanol–water partition coefficient (Wildman–Crippen LogP) is 2.62. The first-order valence-electron chi connectivity index (χ1n) is 7.43. The number of amides is 2. The molecule has 0 N–H and O–H groups in total. The maximum Gasteiger partial charge on any atom is 0.245 e. The van der Waals surface area contributed by atoms with Crippen LogP contribution in [0.4, 0.5) is 0 Å². The number of rotatable bonds is 2. The van der Waals surface area contributed by atoms with Crippen molar-refractivity contribution in [2.45, 2.75) is 38.3 Å². The minimum absolute atomic E-state index is 0.0388. The summed E-state index contributed by atoms with van der Waals surface area (Å²) in [6.45, 7) is 3.23. The normalized spacial score (nSPS) is 24.0. The summed E-state index contributed by atoms with van der Waals surface area (Å²) in [7, 11) is 0. The Bertz CT molecular complexity index is 558. The Morgan fingerprint density at radius 1 is 1.19 bits per heavy atom. The van der Waals surface area contributed by atoms with Crippen molar-refractivity contribution >= 4 is 23.4 Å². The van der Waals surface area contributed by atoms with Gasteiger partial charge in [-0.05, 0) is 37.5 Å². The molecule has 2 saturated heterocycles. The molecule has 2 fully saturated rings. The van der Waals surface area contributed by atoms with Gasteiger partial charge in [-0.1, -0.05) is 23.7 Å². The summed E-state index contributed by atoms with van der Waals surface area (Å²) >= 11 is 5.92. The van der Waals surface area contributed by atoms with Crippen LogP contribution in [-0.4, -0.2) is 40.7 Å². The summed E-state index contributed by atoms with van der Waals surface area (Å²) < 4.78 is 0. The Morgan fingerprint density at radius 2 is 1.90 bits per heavy atom. The van der Waals surface area contributed by atoms with Crippen LogP contribution in [0, 0.1) is 0 Å². The molecule has 3 rings (SSSR count). The van der Waals surface area contributed by atoms with Crippen molar-refractivity contribution in [3.8, 4) is 0 Å². The van der Waals surface area contributed by atoms with Gasteiger partial charge in [-0.15, -0.1) is 0 Å². The zero-order valence-electron chi connectivity index (χ0n) is 12.1. The lowest BCUT2D eigenvalue weighted by molar-refractivity contribution is -0.140. The molecule has 0 bridgehead atoms. The third kappa shape index (κ3) is 2.64. The minimum Gasteiger partial charge on any atom is -0.334 e. The summed E-state index contributed by atoms with van der Waals surface area (Å²) in [6, 6.07) is 7.27. The number of carbonyl (C=O) groups is 2. The van der Waals surface area contributed by atoms with Crippen LogP contribution in [0.15, 0.2) is 24.3 Å². The molecule has 2 heterocycles. The fourth-order valence-electron chi connectivity index (χ4n) is 3.29. The van der Waals surface area contributed by atoms with Crippen LogP contribution in [0.3, 0.4) is 0 Å². The van der Waals surface area contributed by atoms with Crippen LogP contribution in [0.2, 0.25) is 5.02 Å². The van der Waals surface area contributed by atoms with Crippen molar-refractivity contribution < 1.29 is 9.59 Å². The van der Waals surface area contributed by atoms with Gasteiger partial charge in [0, 0.05) is 24.5 Å². The number of nitrogens with zero attached hydrogens (tertiary/aromatic N) is 2. The number of halogens is 1. The average molecular weight is 307 g/mol. The van der Waals surface area contributed by atoms with Gasteiger partial charge in [0.2, 0.25) is 11.8 Å². The van der Waals surface area contributed by atoms with Crippen LogP contribution in [0.5, 0.6) is 0 Å². The Kier molecular flexibility index (Phi) is 3.89. The fourth-order valence-corrected chi connectivity index (χ4v) is 3.42. The zero-order valence-corrected chi connectivity index (χ0v) is 12.8. The van der Waals surface area contributed by atoms with Crippen molar-refractivity contribution in [1.82, 2.24) is 9.80 Å². The second-order valence-electron chi connectivity index (χ2n) is 5.75. The molecule has 0 aromatic heterocycles. The van der Waals surface area contributed by atoms with E-state index in [1.165, 1.54) is 0 Å². The largest absolute Gasteiger partial charge is 0.334 e. The highest BCUT2D eigenvalue weighted by molar-refractivity contribution is 6.30. The van der Waals surface area contributed by atoms with Crippen LogP contribution in [-0.2, 0) is 9.59 Å². The van der Waals surface area contributed by atoms with E-state index >= 15 is 0 Å². The van der Waals surface area contributed by atoms with E-state index in [4.69, 9.17) is 11.6 Å². The first kappa shape index (κ1) is 14.4. The number of fused-ring (bicyclic) bond motifs is 1. The van der Waals surface area contributed by atoms with E-state index in [2.05, 4.69) is 0 Å². The summed E-state index contributed by atoms with van der Waals surface area (Å²) in [5.74, 6) is 0.192. The highest BCUT2D eigenvalue weighted by Gasteiger charge is 2.40. The van der Waals surface area contributed by atoms with Gasteiger partial charge in [0.1, 0.15) is 6.04 Å². The molecule has 0 aliphatic carbocycles. The Hall–Kier alpha value is -1.55. The number of hydrogen-bond donors (Lipinski definition) is 0. The SMILES string of the molecule is CC(c1ccc(Cl)cc1)N1CCC(=O)N2CCCC2C1=O. The van der Waals surface area contributed by atoms with Gasteiger partial charge < -0.3 is 9.80 Å². The Balaban J connectivity index is 1.85. The quantitative estimate of drug-likeness (QED) is 0.843. The Labute approximate surface area is 129 Å². The minimum atomic E-state index is -0.255. The van der Waals surface area contributed by atoms with Crippen molar-refractivity contribution in [3.05, 3.63) is 34.9 Å². The monoisotopic (exact) mass is 306 g/mol. The highest BCUT2D eigenvalue weighted by atomic mass is 35.5. The molecule has 0 spiro atoms. The second kappa shape index (κ2) is 5.68. The number of hydrogen-bond acceptors (Lipinski definition) is 2. The molecule has 4 nitrogen and oxygen atoms in total. The molecular weight excluding hydrogens is 288 g/mol. The predicted molar refractivity (Wildman–Crippen MR) is 80.9 cm³/mol. The second-order valence-corrected chi connectivity index (χ2v) is 6.19. The highest BCUT2D eigenvalue weighted by Crippen LogP contribution is 2.29. The van der Waals surface area contributed by atoms with E-state index in [1.807, 2.05) is 36.1 Å². The number of benzene rings is 1. The molecule has 2 aliphatic heterocycles. The van der Waals surface area contributed by atoms with Gasteiger partial charge in [0.25, 0.3) is 0 Å². The van der Waals surface area contributed by atoms with Gasteiger partial charge >= 0.3 is 0 Å². The maximum atomic E-state index is 12.8. The third-order valence-electron chi connectivity index (χ3n) is 4.53. The molecule has 0 radical (unpaired) electrons. The maximum absolute atomic E-state index is 12.8. The first-order valence-corrected chi connectivity index (χ1v) is 7.81. The number of carbonyl (C=O) groups excluding carboxylic acids is 2. The van der Waals surface area contributed by atoms with E-state index in [0.717, 1.165) is 24.9 Å².